The first kappa shape index (κ1) is 23.0. The average molecular weight is 473 g/mol. The zero-order valence-corrected chi connectivity index (χ0v) is 19.0. The van der Waals surface area contributed by atoms with Crippen LogP contribution in [0.3, 0.4) is 0 Å². The molecule has 2 aliphatic rings. The summed E-state index contributed by atoms with van der Waals surface area (Å²) in [5, 5.41) is 0.227. The van der Waals surface area contributed by atoms with Crippen molar-refractivity contribution in [3.05, 3.63) is 56.8 Å². The van der Waals surface area contributed by atoms with Crippen molar-refractivity contribution in [2.75, 3.05) is 20.2 Å². The first-order valence-electron chi connectivity index (χ1n) is 9.46. The Morgan fingerprint density at radius 3 is 2.55 bits per heavy atom. The standard InChI is InChI=1S/C20H23Cl2FN4O4/c1-20(2,3)31-19(29)27-8-7-26(10-11-12(21)5-6-13(23)16(11)22)15-9-14(18(28)30-4)24-25-17(15)27/h5-6,9,24-25H,7-8,10H2,1-4H3. The highest BCUT2D eigenvalue weighted by atomic mass is 35.5. The maximum atomic E-state index is 14.0. The fourth-order valence-electron chi connectivity index (χ4n) is 3.12. The van der Waals surface area contributed by atoms with Crippen molar-refractivity contribution >= 4 is 35.3 Å². The van der Waals surface area contributed by atoms with E-state index in [9.17, 15) is 14.0 Å². The van der Waals surface area contributed by atoms with Gasteiger partial charge in [0.2, 0.25) is 0 Å². The Bertz CT molecular complexity index is 975. The number of esters is 1. The van der Waals surface area contributed by atoms with Crippen LogP contribution in [-0.2, 0) is 20.8 Å². The number of carbonyl (C=O) groups excluding carboxylic acids is 2. The molecule has 0 saturated heterocycles. The molecule has 168 valence electrons. The third-order valence-corrected chi connectivity index (χ3v) is 5.31. The average Bonchev–Trinajstić information content (AvgIpc) is 2.71. The van der Waals surface area contributed by atoms with Gasteiger partial charge in [-0.1, -0.05) is 23.2 Å². The number of allylic oxidation sites excluding steroid dienone is 1. The van der Waals surface area contributed by atoms with Crippen molar-refractivity contribution in [2.45, 2.75) is 32.9 Å². The largest absolute Gasteiger partial charge is 0.464 e. The van der Waals surface area contributed by atoms with Crippen LogP contribution >= 0.6 is 23.2 Å². The lowest BCUT2D eigenvalue weighted by molar-refractivity contribution is -0.136. The molecule has 2 aliphatic heterocycles. The molecule has 0 fully saturated rings. The molecule has 1 aromatic rings. The van der Waals surface area contributed by atoms with E-state index in [1.54, 1.807) is 20.8 Å². The molecular formula is C20H23Cl2FN4O4. The van der Waals surface area contributed by atoms with Crippen LogP contribution in [0.25, 0.3) is 0 Å². The second kappa shape index (κ2) is 8.84. The number of methoxy groups -OCH3 is 1. The van der Waals surface area contributed by atoms with E-state index in [1.165, 1.54) is 30.2 Å². The van der Waals surface area contributed by atoms with Crippen LogP contribution in [0.5, 0.6) is 0 Å². The van der Waals surface area contributed by atoms with E-state index in [-0.39, 0.29) is 23.8 Å². The predicted octanol–water partition coefficient (Wildman–Crippen LogP) is 3.52. The summed E-state index contributed by atoms with van der Waals surface area (Å²) in [6.07, 6.45) is 0.987. The highest BCUT2D eigenvalue weighted by Gasteiger charge is 2.35. The lowest BCUT2D eigenvalue weighted by Crippen LogP contribution is -2.54. The summed E-state index contributed by atoms with van der Waals surface area (Å²) < 4.78 is 24.3. The maximum absolute atomic E-state index is 14.0. The van der Waals surface area contributed by atoms with E-state index < -0.39 is 23.5 Å². The van der Waals surface area contributed by atoms with Crippen molar-refractivity contribution in [1.29, 1.82) is 0 Å². The number of nitrogens with one attached hydrogen (secondary N) is 2. The van der Waals surface area contributed by atoms with Crippen molar-refractivity contribution in [3.8, 4) is 0 Å². The number of halogens is 3. The molecule has 0 aliphatic carbocycles. The number of hydrogen-bond donors (Lipinski definition) is 2. The first-order valence-corrected chi connectivity index (χ1v) is 10.2. The Morgan fingerprint density at radius 1 is 1.19 bits per heavy atom. The van der Waals surface area contributed by atoms with Gasteiger partial charge in [0.05, 0.1) is 17.8 Å². The molecule has 0 spiro atoms. The molecule has 2 heterocycles. The topological polar surface area (TPSA) is 83.1 Å². The van der Waals surface area contributed by atoms with Gasteiger partial charge in [0.25, 0.3) is 0 Å². The summed E-state index contributed by atoms with van der Waals surface area (Å²) in [7, 11) is 1.26. The molecule has 0 unspecified atom stereocenters. The normalized spacial score (nSPS) is 16.2. The maximum Gasteiger partial charge on any atom is 0.416 e. The number of amides is 1. The number of ether oxygens (including phenoxy) is 2. The van der Waals surface area contributed by atoms with Gasteiger partial charge in [-0.25, -0.2) is 14.0 Å². The van der Waals surface area contributed by atoms with Gasteiger partial charge in [-0.3, -0.25) is 15.8 Å². The number of hydrazine groups is 1. The van der Waals surface area contributed by atoms with Crippen molar-refractivity contribution in [3.63, 3.8) is 0 Å². The second-order valence-corrected chi connectivity index (χ2v) is 8.69. The summed E-state index contributed by atoms with van der Waals surface area (Å²) in [4.78, 5) is 28.0. The van der Waals surface area contributed by atoms with E-state index in [1.807, 2.05) is 4.90 Å². The zero-order chi connectivity index (χ0) is 22.9. The van der Waals surface area contributed by atoms with E-state index in [4.69, 9.17) is 32.7 Å². The molecule has 31 heavy (non-hydrogen) atoms. The SMILES string of the molecule is COC(=O)C1=CC2=C(NN1)N(C(=O)OC(C)(C)C)CCN2Cc1c(Cl)ccc(F)c1Cl. The molecule has 2 N–H and O–H groups in total. The van der Waals surface area contributed by atoms with Gasteiger partial charge >= 0.3 is 12.1 Å². The fourth-order valence-corrected chi connectivity index (χ4v) is 3.61. The summed E-state index contributed by atoms with van der Waals surface area (Å²) in [6, 6.07) is 2.63. The van der Waals surface area contributed by atoms with E-state index in [2.05, 4.69) is 10.9 Å². The molecule has 0 aromatic heterocycles. The molecule has 1 aromatic carbocycles. The van der Waals surface area contributed by atoms with E-state index >= 15 is 0 Å². The van der Waals surface area contributed by atoms with Gasteiger partial charge < -0.3 is 14.4 Å². The van der Waals surface area contributed by atoms with Crippen LogP contribution in [0.15, 0.2) is 35.4 Å². The molecule has 11 heteroatoms. The molecule has 8 nitrogen and oxygen atoms in total. The Morgan fingerprint density at radius 2 is 1.90 bits per heavy atom. The van der Waals surface area contributed by atoms with Gasteiger partial charge in [-0.15, -0.1) is 0 Å². The minimum atomic E-state index is -0.688. The smallest absolute Gasteiger partial charge is 0.416 e. The van der Waals surface area contributed by atoms with E-state index in [0.29, 0.717) is 28.6 Å². The van der Waals surface area contributed by atoms with Gasteiger partial charge in [0.1, 0.15) is 17.1 Å². The summed E-state index contributed by atoms with van der Waals surface area (Å²) in [5.41, 5.74) is 5.92. The Hall–Kier alpha value is -2.65. The second-order valence-electron chi connectivity index (χ2n) is 7.91. The lowest BCUT2D eigenvalue weighted by atomic mass is 10.1. The van der Waals surface area contributed by atoms with Crippen LogP contribution in [0.1, 0.15) is 26.3 Å². The Labute approximate surface area is 189 Å². The molecule has 0 bridgehead atoms. The lowest BCUT2D eigenvalue weighted by Gasteiger charge is -2.41. The number of hydrogen-bond acceptors (Lipinski definition) is 7. The monoisotopic (exact) mass is 472 g/mol. The third kappa shape index (κ3) is 4.99. The minimum absolute atomic E-state index is 0.0803. The summed E-state index contributed by atoms with van der Waals surface area (Å²) in [5.74, 6) is -0.816. The van der Waals surface area contributed by atoms with Gasteiger partial charge in [-0.2, -0.15) is 0 Å². The molecule has 1 amide bonds. The van der Waals surface area contributed by atoms with Gasteiger partial charge in [0, 0.05) is 30.2 Å². The number of carbonyl (C=O) groups is 2. The molecule has 3 rings (SSSR count). The van der Waals surface area contributed by atoms with Crippen molar-refractivity contribution < 1.29 is 23.5 Å². The number of benzene rings is 1. The number of rotatable bonds is 3. The molecule has 0 atom stereocenters. The Kier molecular flexibility index (Phi) is 6.56. The van der Waals surface area contributed by atoms with Crippen LogP contribution in [0.2, 0.25) is 10.0 Å². The van der Waals surface area contributed by atoms with E-state index in [0.717, 1.165) is 0 Å². The van der Waals surface area contributed by atoms with Crippen molar-refractivity contribution in [2.24, 2.45) is 0 Å². The van der Waals surface area contributed by atoms with Crippen LogP contribution in [0, 0.1) is 5.82 Å². The van der Waals surface area contributed by atoms with Crippen LogP contribution in [-0.4, -0.2) is 47.7 Å². The predicted molar refractivity (Wildman–Crippen MR) is 113 cm³/mol. The third-order valence-electron chi connectivity index (χ3n) is 4.55. The highest BCUT2D eigenvalue weighted by molar-refractivity contribution is 6.36. The minimum Gasteiger partial charge on any atom is -0.464 e. The molecule has 0 radical (unpaired) electrons. The number of nitrogens with zero attached hydrogens (tertiary/aromatic N) is 2. The first-order chi connectivity index (χ1) is 14.5. The highest BCUT2D eigenvalue weighted by Crippen LogP contribution is 2.32. The van der Waals surface area contributed by atoms with Crippen LogP contribution < -0.4 is 10.9 Å². The Balaban J connectivity index is 2.01. The fraction of sp³-hybridized carbons (Fsp3) is 0.400. The van der Waals surface area contributed by atoms with Gasteiger partial charge in [0.15, 0.2) is 5.82 Å². The molecule has 0 saturated carbocycles. The quantitative estimate of drug-likeness (QED) is 0.514. The zero-order valence-electron chi connectivity index (χ0n) is 17.5. The van der Waals surface area contributed by atoms with Crippen molar-refractivity contribution in [1.82, 2.24) is 20.7 Å². The van der Waals surface area contributed by atoms with Crippen LogP contribution in [0.4, 0.5) is 9.18 Å². The summed E-state index contributed by atoms with van der Waals surface area (Å²) >= 11 is 12.4. The summed E-state index contributed by atoms with van der Waals surface area (Å²) in [6.45, 7) is 6.09. The van der Waals surface area contributed by atoms with Gasteiger partial charge in [-0.05, 0) is 39.0 Å². The molecular weight excluding hydrogens is 450 g/mol.